The number of aromatic carboxylic acids is 1. The van der Waals surface area contributed by atoms with Crippen LogP contribution in [0.1, 0.15) is 10.5 Å². The molecule has 0 spiro atoms. The predicted octanol–water partition coefficient (Wildman–Crippen LogP) is -0.904. The number of hydrogen-bond donors (Lipinski definition) is 2. The zero-order chi connectivity index (χ0) is 11.4. The molecule has 0 saturated heterocycles. The summed E-state index contributed by atoms with van der Waals surface area (Å²) in [5.41, 5.74) is 4.81. The van der Waals surface area contributed by atoms with Crippen LogP contribution in [0.3, 0.4) is 0 Å². The lowest BCUT2D eigenvalue weighted by Gasteiger charge is -2.15. The molecule has 0 fully saturated rings. The van der Waals surface area contributed by atoms with Crippen LogP contribution in [-0.4, -0.2) is 40.5 Å². The third kappa shape index (κ3) is 2.90. The first-order chi connectivity index (χ1) is 7.00. The molecule has 0 unspecified atom stereocenters. The Bertz CT molecular complexity index is 393. The molecule has 15 heavy (non-hydrogen) atoms. The summed E-state index contributed by atoms with van der Waals surface area (Å²) in [5, 5.41) is 8.66. The quantitative estimate of drug-likeness (QED) is 0.666. The highest BCUT2D eigenvalue weighted by Gasteiger charge is 2.10. The lowest BCUT2D eigenvalue weighted by Crippen LogP contribution is -2.31. The van der Waals surface area contributed by atoms with Crippen molar-refractivity contribution in [2.24, 2.45) is 5.73 Å². The zero-order valence-corrected chi connectivity index (χ0v) is 8.04. The van der Waals surface area contributed by atoms with Crippen molar-refractivity contribution in [1.29, 1.82) is 0 Å². The Morgan fingerprint density at radius 2 is 2.20 bits per heavy atom. The van der Waals surface area contributed by atoms with E-state index in [-0.39, 0.29) is 18.1 Å². The molecule has 1 rings (SSSR count). The molecule has 0 aromatic carbocycles. The van der Waals surface area contributed by atoms with Gasteiger partial charge in [-0.2, -0.15) is 0 Å². The molecule has 1 heterocycles. The van der Waals surface area contributed by atoms with Crippen LogP contribution in [0.4, 0.5) is 5.82 Å². The SMILES string of the molecule is CN(CC(N)=O)c1cncc(C(=O)O)n1. The van der Waals surface area contributed by atoms with Crippen LogP contribution >= 0.6 is 0 Å². The average Bonchev–Trinajstić information content (AvgIpc) is 2.17. The molecule has 0 saturated carbocycles. The maximum atomic E-state index is 10.6. The third-order valence-corrected chi connectivity index (χ3v) is 1.63. The van der Waals surface area contributed by atoms with Gasteiger partial charge >= 0.3 is 5.97 Å². The van der Waals surface area contributed by atoms with E-state index in [1.807, 2.05) is 0 Å². The maximum absolute atomic E-state index is 10.6. The number of carbonyl (C=O) groups excluding carboxylic acids is 1. The molecular formula is C8H10N4O3. The number of anilines is 1. The number of nitrogens with two attached hydrogens (primary N) is 1. The van der Waals surface area contributed by atoms with Gasteiger partial charge in [0.2, 0.25) is 5.91 Å². The van der Waals surface area contributed by atoms with Gasteiger partial charge in [0.1, 0.15) is 5.82 Å². The normalized spacial score (nSPS) is 9.67. The van der Waals surface area contributed by atoms with Crippen molar-refractivity contribution in [2.75, 3.05) is 18.5 Å². The molecule has 0 aliphatic carbocycles. The summed E-state index contributed by atoms with van der Waals surface area (Å²) in [4.78, 5) is 30.1. The first-order valence-electron chi connectivity index (χ1n) is 4.05. The van der Waals surface area contributed by atoms with Gasteiger partial charge in [0, 0.05) is 7.05 Å². The van der Waals surface area contributed by atoms with Gasteiger partial charge in [0.05, 0.1) is 18.9 Å². The summed E-state index contributed by atoms with van der Waals surface area (Å²) in [7, 11) is 1.57. The van der Waals surface area contributed by atoms with Gasteiger partial charge in [-0.3, -0.25) is 9.78 Å². The smallest absolute Gasteiger partial charge is 0.356 e. The predicted molar refractivity (Wildman–Crippen MR) is 51.5 cm³/mol. The van der Waals surface area contributed by atoms with Gasteiger partial charge in [-0.25, -0.2) is 9.78 Å². The number of carboxylic acids is 1. The number of rotatable bonds is 4. The molecule has 1 aromatic rings. The number of carbonyl (C=O) groups is 2. The molecule has 0 aliphatic rings. The van der Waals surface area contributed by atoms with Crippen LogP contribution in [0.15, 0.2) is 12.4 Å². The Kier molecular flexibility index (Phi) is 3.17. The highest BCUT2D eigenvalue weighted by molar-refractivity contribution is 5.85. The Morgan fingerprint density at radius 3 is 2.73 bits per heavy atom. The first kappa shape index (κ1) is 10.9. The zero-order valence-electron chi connectivity index (χ0n) is 8.04. The monoisotopic (exact) mass is 210 g/mol. The standard InChI is InChI=1S/C8H10N4O3/c1-12(4-6(9)13)7-3-10-2-5(11-7)8(14)15/h2-3H,4H2,1H3,(H2,9,13)(H,14,15). The molecule has 7 nitrogen and oxygen atoms in total. The minimum absolute atomic E-state index is 0.0439. The lowest BCUT2D eigenvalue weighted by molar-refractivity contribution is -0.116. The first-order valence-corrected chi connectivity index (χ1v) is 4.05. The van der Waals surface area contributed by atoms with Crippen molar-refractivity contribution in [2.45, 2.75) is 0 Å². The molecule has 1 amide bonds. The van der Waals surface area contributed by atoms with E-state index >= 15 is 0 Å². The molecule has 3 N–H and O–H groups in total. The molecule has 0 radical (unpaired) electrons. The number of amides is 1. The average molecular weight is 210 g/mol. The van der Waals surface area contributed by atoms with Crippen LogP contribution in [0, 0.1) is 0 Å². The van der Waals surface area contributed by atoms with E-state index in [1.54, 1.807) is 7.05 Å². The fraction of sp³-hybridized carbons (Fsp3) is 0.250. The van der Waals surface area contributed by atoms with Crippen molar-refractivity contribution >= 4 is 17.7 Å². The summed E-state index contributed by atoms with van der Waals surface area (Å²) in [6.45, 7) is -0.0439. The Labute approximate surface area is 85.5 Å². The second-order valence-corrected chi connectivity index (χ2v) is 2.89. The van der Waals surface area contributed by atoms with Crippen LogP contribution in [0.5, 0.6) is 0 Å². The molecular weight excluding hydrogens is 200 g/mol. The fourth-order valence-electron chi connectivity index (χ4n) is 0.957. The summed E-state index contributed by atoms with van der Waals surface area (Å²) in [6.07, 6.45) is 2.49. The van der Waals surface area contributed by atoms with Crippen molar-refractivity contribution in [3.05, 3.63) is 18.1 Å². The number of likely N-dealkylation sites (N-methyl/N-ethyl adjacent to an activating group) is 1. The summed E-state index contributed by atoms with van der Waals surface area (Å²) < 4.78 is 0. The summed E-state index contributed by atoms with van der Waals surface area (Å²) >= 11 is 0. The van der Waals surface area contributed by atoms with Gasteiger partial charge in [-0.15, -0.1) is 0 Å². The van der Waals surface area contributed by atoms with Crippen LogP contribution in [0.2, 0.25) is 0 Å². The molecule has 0 aliphatic heterocycles. The number of nitrogens with zero attached hydrogens (tertiary/aromatic N) is 3. The molecule has 0 bridgehead atoms. The Hall–Kier alpha value is -2.18. The highest BCUT2D eigenvalue weighted by atomic mass is 16.4. The van der Waals surface area contributed by atoms with E-state index in [9.17, 15) is 9.59 Å². The van der Waals surface area contributed by atoms with E-state index in [0.29, 0.717) is 0 Å². The Morgan fingerprint density at radius 1 is 1.53 bits per heavy atom. The molecule has 80 valence electrons. The highest BCUT2D eigenvalue weighted by Crippen LogP contribution is 2.06. The van der Waals surface area contributed by atoms with Crippen molar-refractivity contribution in [1.82, 2.24) is 9.97 Å². The van der Waals surface area contributed by atoms with Gasteiger partial charge in [0.25, 0.3) is 0 Å². The number of primary amides is 1. The minimum Gasteiger partial charge on any atom is -0.476 e. The fourth-order valence-corrected chi connectivity index (χ4v) is 0.957. The number of hydrogen-bond acceptors (Lipinski definition) is 5. The van der Waals surface area contributed by atoms with Crippen LogP contribution < -0.4 is 10.6 Å². The third-order valence-electron chi connectivity index (χ3n) is 1.63. The molecule has 0 atom stereocenters. The van der Waals surface area contributed by atoms with E-state index < -0.39 is 11.9 Å². The van der Waals surface area contributed by atoms with Crippen LogP contribution in [-0.2, 0) is 4.79 Å². The maximum Gasteiger partial charge on any atom is 0.356 e. The second-order valence-electron chi connectivity index (χ2n) is 2.89. The molecule has 1 aromatic heterocycles. The van der Waals surface area contributed by atoms with Crippen LogP contribution in [0.25, 0.3) is 0 Å². The minimum atomic E-state index is -1.17. The lowest BCUT2D eigenvalue weighted by atomic mass is 10.4. The number of carboxylic acid groups (broad SMARTS) is 1. The number of aromatic nitrogens is 2. The van der Waals surface area contributed by atoms with E-state index in [2.05, 4.69) is 9.97 Å². The van der Waals surface area contributed by atoms with Gasteiger partial charge in [-0.1, -0.05) is 0 Å². The Balaban J connectivity index is 2.89. The van der Waals surface area contributed by atoms with Crippen molar-refractivity contribution < 1.29 is 14.7 Å². The van der Waals surface area contributed by atoms with Gasteiger partial charge in [0.15, 0.2) is 5.69 Å². The van der Waals surface area contributed by atoms with Gasteiger partial charge in [-0.05, 0) is 0 Å². The van der Waals surface area contributed by atoms with Crippen molar-refractivity contribution in [3.8, 4) is 0 Å². The van der Waals surface area contributed by atoms with E-state index in [4.69, 9.17) is 10.8 Å². The van der Waals surface area contributed by atoms with Crippen molar-refractivity contribution in [3.63, 3.8) is 0 Å². The topological polar surface area (TPSA) is 109 Å². The van der Waals surface area contributed by atoms with Gasteiger partial charge < -0.3 is 15.7 Å². The largest absolute Gasteiger partial charge is 0.476 e. The summed E-state index contributed by atoms with van der Waals surface area (Å²) in [5.74, 6) is -1.41. The summed E-state index contributed by atoms with van der Waals surface area (Å²) in [6, 6.07) is 0. The van der Waals surface area contributed by atoms with E-state index in [0.717, 1.165) is 6.20 Å². The molecule has 7 heteroatoms. The van der Waals surface area contributed by atoms with E-state index in [1.165, 1.54) is 11.1 Å². The second kappa shape index (κ2) is 4.36.